The van der Waals surface area contributed by atoms with E-state index in [0.29, 0.717) is 52.4 Å². The lowest BCUT2D eigenvalue weighted by molar-refractivity contribution is 0.661. The van der Waals surface area contributed by atoms with Gasteiger partial charge in [-0.3, -0.25) is 0 Å². The number of benzene rings is 20. The Bertz CT molecular complexity index is 8290. The third kappa shape index (κ3) is 17.5. The standard InChI is InChI=1S/C47H35N3.C43H31N3.C39H29N3/c1-30-22-24-31(25-23-30)34-26-35(40-29-42-43(38-19-11-10-18-37(38)40)39-20-12-13-21-41(39)47(42,2)3)28-36(27-34)46-49-44(32-14-6-4-7-15-32)48-45(50-46)33-16-8-5-9-17-33;1-28-21-29(2)23-34(22-28)35-25-36(40-38-19-11-9-17-32(38)24-33-18-10-12-20-39(33)40)27-37(26-35)43-45-41(30-13-5-3-6-14-30)44-42(46-43)31-15-7-4-8-16-31;1-26-20-27(2)22-31(21-26)32-23-33(36-19-11-17-28-12-9-10-18-35(28)36)25-34(24-32)39-41-37(29-13-5-3-6-14-29)40-38(42-39)30-15-7-4-8-16-30/h4-29H,1-3H3;3-27H,1-2H3;3-25H,1-2H3. The van der Waals surface area contributed by atoms with Gasteiger partial charge in [-0.05, 0) is 233 Å². The van der Waals surface area contributed by atoms with E-state index < -0.39 is 0 Å². The molecule has 0 radical (unpaired) electrons. The molecule has 23 aromatic rings. The minimum absolute atomic E-state index is 0.133. The molecule has 0 fully saturated rings. The molecule has 9 nitrogen and oxygen atoms in total. The van der Waals surface area contributed by atoms with E-state index in [0.717, 1.165) is 89.0 Å². The molecule has 0 unspecified atom stereocenters. The van der Waals surface area contributed by atoms with E-state index >= 15 is 0 Å². The van der Waals surface area contributed by atoms with Crippen LogP contribution in [0.1, 0.15) is 52.8 Å². The van der Waals surface area contributed by atoms with E-state index in [4.69, 9.17) is 44.9 Å². The summed E-state index contributed by atoms with van der Waals surface area (Å²) in [5.41, 5.74) is 33.9. The van der Waals surface area contributed by atoms with Gasteiger partial charge in [-0.1, -0.05) is 424 Å². The quantitative estimate of drug-likeness (QED) is 0.0925. The van der Waals surface area contributed by atoms with Crippen LogP contribution in [0.15, 0.2) is 449 Å². The summed E-state index contributed by atoms with van der Waals surface area (Å²) in [6, 6.07) is 158. The topological polar surface area (TPSA) is 116 Å². The SMILES string of the molecule is Cc1cc(C)cc(-c2cc(-c3nc(-c4ccccc4)nc(-c4ccccc4)n3)cc(-c3c4ccccc4cc4ccccc34)c2)c1.Cc1cc(C)cc(-c2cc(-c3nc(-c4ccccc4)nc(-c4ccccc4)n3)cc(-c3cccc4ccccc34)c2)c1.Cc1ccc(-c2cc(-c3nc(-c4ccccc4)nc(-c4ccccc4)n3)cc(-c3cc4c(c5ccccc35)-c3ccccc3C4(C)C)c2)cc1. The van der Waals surface area contributed by atoms with Crippen molar-refractivity contribution < 1.29 is 0 Å². The van der Waals surface area contributed by atoms with E-state index in [9.17, 15) is 0 Å². The van der Waals surface area contributed by atoms with Gasteiger partial charge in [0.15, 0.2) is 52.4 Å². The Labute approximate surface area is 804 Å². The van der Waals surface area contributed by atoms with Gasteiger partial charge in [0.1, 0.15) is 0 Å². The van der Waals surface area contributed by atoms with Crippen LogP contribution < -0.4 is 0 Å². The average Bonchev–Trinajstić information content (AvgIpc) is 1.54. The molecule has 3 aromatic heterocycles. The predicted molar refractivity (Wildman–Crippen MR) is 572 cm³/mol. The second kappa shape index (κ2) is 37.1. The van der Waals surface area contributed by atoms with E-state index in [1.807, 2.05) is 158 Å². The van der Waals surface area contributed by atoms with Gasteiger partial charge in [0.05, 0.1) is 0 Å². The Hall–Kier alpha value is -17.5. The second-order valence-electron chi connectivity index (χ2n) is 36.4. The fraction of sp³-hybridized carbons (Fsp3) is 0.0620. The number of rotatable bonds is 15. The number of aryl methyl sites for hydroxylation is 5. The van der Waals surface area contributed by atoms with Crippen LogP contribution in [0.5, 0.6) is 0 Å². The van der Waals surface area contributed by atoms with Crippen molar-refractivity contribution >= 4 is 43.1 Å². The van der Waals surface area contributed by atoms with Crippen molar-refractivity contribution in [3.05, 3.63) is 488 Å². The smallest absolute Gasteiger partial charge is 0.164 e. The van der Waals surface area contributed by atoms with Crippen LogP contribution >= 0.6 is 0 Å². The van der Waals surface area contributed by atoms with Gasteiger partial charge in [0.2, 0.25) is 0 Å². The number of nitrogens with zero attached hydrogens (tertiary/aromatic N) is 9. The third-order valence-electron chi connectivity index (χ3n) is 26.2. The molecule has 0 aliphatic heterocycles. The molecule has 1 aliphatic rings. The highest BCUT2D eigenvalue weighted by Gasteiger charge is 2.37. The van der Waals surface area contributed by atoms with Crippen LogP contribution in [0.2, 0.25) is 0 Å². The molecule has 0 saturated carbocycles. The molecular formula is C129H95N9. The summed E-state index contributed by atoms with van der Waals surface area (Å²) in [5.74, 6) is 5.85. The number of hydrogen-bond donors (Lipinski definition) is 0. The number of aromatic nitrogens is 9. The Morgan fingerprint density at radius 1 is 0.145 bits per heavy atom. The molecule has 656 valence electrons. The second-order valence-corrected chi connectivity index (χ2v) is 36.4. The summed E-state index contributed by atoms with van der Waals surface area (Å²) < 4.78 is 0. The summed E-state index contributed by atoms with van der Waals surface area (Å²) in [6.45, 7) is 15.4. The van der Waals surface area contributed by atoms with Gasteiger partial charge in [-0.25, -0.2) is 44.9 Å². The molecule has 138 heavy (non-hydrogen) atoms. The summed E-state index contributed by atoms with van der Waals surface area (Å²) in [7, 11) is 0. The van der Waals surface area contributed by atoms with E-state index in [-0.39, 0.29) is 5.41 Å². The number of hydrogen-bond acceptors (Lipinski definition) is 9. The highest BCUT2D eigenvalue weighted by atomic mass is 15.1. The predicted octanol–water partition coefficient (Wildman–Crippen LogP) is 33.1. The molecule has 0 saturated heterocycles. The Morgan fingerprint density at radius 2 is 0.428 bits per heavy atom. The van der Waals surface area contributed by atoms with Crippen LogP contribution in [0.3, 0.4) is 0 Å². The van der Waals surface area contributed by atoms with Crippen LogP contribution in [0, 0.1) is 34.6 Å². The molecule has 0 spiro atoms. The first-order valence-corrected chi connectivity index (χ1v) is 47.0. The minimum atomic E-state index is -0.133. The average molecular weight is 1770 g/mol. The molecular weight excluding hydrogens is 1680 g/mol. The maximum absolute atomic E-state index is 5.13. The molecule has 0 atom stereocenters. The minimum Gasteiger partial charge on any atom is -0.208 e. The van der Waals surface area contributed by atoms with Crippen LogP contribution in [0.4, 0.5) is 0 Å². The fourth-order valence-corrected chi connectivity index (χ4v) is 19.7. The van der Waals surface area contributed by atoms with E-state index in [1.165, 1.54) is 121 Å². The van der Waals surface area contributed by atoms with Crippen LogP contribution in [-0.4, -0.2) is 44.9 Å². The first-order chi connectivity index (χ1) is 67.6. The van der Waals surface area contributed by atoms with Gasteiger partial charge < -0.3 is 0 Å². The molecule has 0 N–H and O–H groups in total. The summed E-state index contributed by atoms with van der Waals surface area (Å²) in [6.07, 6.45) is 0. The van der Waals surface area contributed by atoms with Crippen molar-refractivity contribution in [3.63, 3.8) is 0 Å². The zero-order chi connectivity index (χ0) is 93.3. The fourth-order valence-electron chi connectivity index (χ4n) is 19.7. The third-order valence-corrected chi connectivity index (χ3v) is 26.2. The Kier molecular flexibility index (Phi) is 23.1. The first-order valence-electron chi connectivity index (χ1n) is 47.0. The zero-order valence-electron chi connectivity index (χ0n) is 77.7. The largest absolute Gasteiger partial charge is 0.208 e. The number of fused-ring (bicyclic) bond motifs is 8. The molecule has 20 aromatic carbocycles. The van der Waals surface area contributed by atoms with Gasteiger partial charge in [0, 0.05) is 55.5 Å². The first kappa shape index (κ1) is 85.9. The van der Waals surface area contributed by atoms with Gasteiger partial charge in [0.25, 0.3) is 0 Å². The van der Waals surface area contributed by atoms with Gasteiger partial charge >= 0.3 is 0 Å². The highest BCUT2D eigenvalue weighted by Crippen LogP contribution is 2.54. The monoisotopic (exact) mass is 1770 g/mol. The molecule has 0 amide bonds. The maximum Gasteiger partial charge on any atom is 0.164 e. The summed E-state index contributed by atoms with van der Waals surface area (Å²) >= 11 is 0. The maximum atomic E-state index is 5.13. The zero-order valence-corrected chi connectivity index (χ0v) is 77.7. The van der Waals surface area contributed by atoms with Crippen molar-refractivity contribution in [2.24, 2.45) is 0 Å². The lowest BCUT2D eigenvalue weighted by atomic mass is 9.80. The molecule has 3 heterocycles. The Balaban J connectivity index is 0.000000120. The summed E-state index contributed by atoms with van der Waals surface area (Å²) in [4.78, 5) is 45.4. The van der Waals surface area contributed by atoms with Crippen molar-refractivity contribution in [1.29, 1.82) is 0 Å². The van der Waals surface area contributed by atoms with Crippen molar-refractivity contribution in [1.82, 2.24) is 44.9 Å². The molecule has 9 heteroatoms. The molecule has 0 bridgehead atoms. The van der Waals surface area contributed by atoms with Crippen molar-refractivity contribution in [3.8, 4) is 180 Å². The molecule has 24 rings (SSSR count). The van der Waals surface area contributed by atoms with Gasteiger partial charge in [-0.15, -0.1) is 0 Å². The van der Waals surface area contributed by atoms with E-state index in [1.54, 1.807) is 0 Å². The van der Waals surface area contributed by atoms with Crippen LogP contribution in [-0.2, 0) is 5.41 Å². The normalized spacial score (nSPS) is 11.8. The lowest BCUT2D eigenvalue weighted by Crippen LogP contribution is -2.15. The lowest BCUT2D eigenvalue weighted by Gasteiger charge is -2.23. The van der Waals surface area contributed by atoms with Crippen LogP contribution in [0.25, 0.3) is 223 Å². The van der Waals surface area contributed by atoms with E-state index in [2.05, 4.69) is 340 Å². The van der Waals surface area contributed by atoms with Crippen molar-refractivity contribution in [2.75, 3.05) is 0 Å². The Morgan fingerprint density at radius 3 is 0.841 bits per heavy atom. The van der Waals surface area contributed by atoms with Crippen molar-refractivity contribution in [2.45, 2.75) is 53.9 Å². The molecule has 1 aliphatic carbocycles. The van der Waals surface area contributed by atoms with Gasteiger partial charge in [-0.2, -0.15) is 0 Å². The highest BCUT2D eigenvalue weighted by molar-refractivity contribution is 6.14. The summed E-state index contributed by atoms with van der Waals surface area (Å²) in [5, 5.41) is 9.81.